The smallest absolute Gasteiger partial charge is 0.239 e. The molecule has 8 heteroatoms. The van der Waals surface area contributed by atoms with Crippen LogP contribution in [-0.4, -0.2) is 38.0 Å². The van der Waals surface area contributed by atoms with Gasteiger partial charge in [-0.05, 0) is 30.5 Å². The molecule has 0 unspecified atom stereocenters. The van der Waals surface area contributed by atoms with Crippen molar-refractivity contribution in [3.05, 3.63) is 28.2 Å². The van der Waals surface area contributed by atoms with Gasteiger partial charge >= 0.3 is 0 Å². The molecule has 124 valence electrons. The number of hydrogen-bond donors (Lipinski definition) is 1. The number of anilines is 1. The number of nitrogens with one attached hydrogen (secondary N) is 1. The number of amides is 1. The number of hydrogen-bond acceptors (Lipinski definition) is 3. The van der Waals surface area contributed by atoms with Gasteiger partial charge in [0.05, 0.1) is 22.3 Å². The van der Waals surface area contributed by atoms with Crippen molar-refractivity contribution in [2.75, 3.05) is 24.7 Å². The van der Waals surface area contributed by atoms with Gasteiger partial charge in [0.1, 0.15) is 0 Å². The Hall–Kier alpha value is -0.820. The lowest BCUT2D eigenvalue weighted by atomic mass is 10.2. The number of halogens is 2. The molecule has 0 saturated carbocycles. The van der Waals surface area contributed by atoms with E-state index in [1.54, 1.807) is 12.1 Å². The van der Waals surface area contributed by atoms with Gasteiger partial charge in [-0.1, -0.05) is 37.0 Å². The average molecular weight is 367 g/mol. The monoisotopic (exact) mass is 366 g/mol. The van der Waals surface area contributed by atoms with Gasteiger partial charge in [-0.15, -0.1) is 0 Å². The highest BCUT2D eigenvalue weighted by molar-refractivity contribution is 7.89. The fourth-order valence-corrected chi connectivity index (χ4v) is 3.31. The average Bonchev–Trinajstić information content (AvgIpc) is 2.40. The lowest BCUT2D eigenvalue weighted by Gasteiger charge is -2.17. The van der Waals surface area contributed by atoms with Crippen LogP contribution >= 0.6 is 23.2 Å². The molecule has 1 N–H and O–H groups in total. The fourth-order valence-electron chi connectivity index (χ4n) is 1.62. The lowest BCUT2D eigenvalue weighted by Crippen LogP contribution is -2.36. The Labute approximate surface area is 141 Å². The van der Waals surface area contributed by atoms with Crippen LogP contribution in [0.25, 0.3) is 0 Å². The highest BCUT2D eigenvalue weighted by atomic mass is 35.5. The zero-order valence-electron chi connectivity index (χ0n) is 12.8. The molecular weight excluding hydrogens is 347 g/mol. The summed E-state index contributed by atoms with van der Waals surface area (Å²) >= 11 is 11.6. The summed E-state index contributed by atoms with van der Waals surface area (Å²) in [7, 11) is -2.04. The lowest BCUT2D eigenvalue weighted by molar-refractivity contribution is -0.116. The second kappa shape index (κ2) is 8.15. The van der Waals surface area contributed by atoms with Crippen molar-refractivity contribution in [3.63, 3.8) is 0 Å². The first-order valence-corrected chi connectivity index (χ1v) is 9.17. The molecule has 1 amide bonds. The molecule has 0 fully saturated rings. The van der Waals surface area contributed by atoms with E-state index in [4.69, 9.17) is 23.2 Å². The topological polar surface area (TPSA) is 66.5 Å². The van der Waals surface area contributed by atoms with Gasteiger partial charge in [0, 0.05) is 12.7 Å². The molecular formula is C14H20Cl2N2O3S. The molecule has 0 aromatic heterocycles. The predicted molar refractivity (Wildman–Crippen MR) is 91.0 cm³/mol. The van der Waals surface area contributed by atoms with Crippen LogP contribution in [0.2, 0.25) is 10.0 Å². The molecule has 0 radical (unpaired) electrons. The number of benzene rings is 1. The van der Waals surface area contributed by atoms with E-state index in [1.807, 2.05) is 13.8 Å². The Balaban J connectivity index is 2.62. The zero-order valence-corrected chi connectivity index (χ0v) is 15.1. The van der Waals surface area contributed by atoms with Crippen molar-refractivity contribution in [1.29, 1.82) is 0 Å². The van der Waals surface area contributed by atoms with Crippen LogP contribution in [0.15, 0.2) is 18.2 Å². The van der Waals surface area contributed by atoms with E-state index in [0.29, 0.717) is 22.2 Å². The first kappa shape index (κ1) is 19.2. The van der Waals surface area contributed by atoms with Gasteiger partial charge in [0.25, 0.3) is 0 Å². The van der Waals surface area contributed by atoms with Crippen LogP contribution in [0, 0.1) is 5.92 Å². The number of likely N-dealkylation sites (N-methyl/N-ethyl adjacent to an activating group) is 1. The molecule has 22 heavy (non-hydrogen) atoms. The maximum Gasteiger partial charge on any atom is 0.239 e. The van der Waals surface area contributed by atoms with Crippen molar-refractivity contribution in [3.8, 4) is 0 Å². The van der Waals surface area contributed by atoms with Gasteiger partial charge < -0.3 is 5.32 Å². The van der Waals surface area contributed by atoms with Gasteiger partial charge in [-0.3, -0.25) is 4.79 Å². The highest BCUT2D eigenvalue weighted by Gasteiger charge is 2.20. The molecule has 0 aliphatic carbocycles. The summed E-state index contributed by atoms with van der Waals surface area (Å²) in [6, 6.07) is 4.66. The Bertz CT molecular complexity index is 633. The molecule has 0 spiro atoms. The zero-order chi connectivity index (χ0) is 16.9. The van der Waals surface area contributed by atoms with Crippen molar-refractivity contribution in [2.45, 2.75) is 20.3 Å². The normalized spacial score (nSPS) is 12.0. The van der Waals surface area contributed by atoms with E-state index in [0.717, 1.165) is 4.31 Å². The molecule has 0 heterocycles. The van der Waals surface area contributed by atoms with Crippen LogP contribution < -0.4 is 5.32 Å². The Kier molecular flexibility index (Phi) is 7.12. The largest absolute Gasteiger partial charge is 0.325 e. The standard InChI is InChI=1S/C14H20Cl2N2O3S/c1-10(2)6-7-22(20,21)18(3)9-14(19)17-11-4-5-12(15)13(16)8-11/h4-5,8,10H,6-7,9H2,1-3H3,(H,17,19). The summed E-state index contributed by atoms with van der Waals surface area (Å²) in [6.45, 7) is 3.65. The van der Waals surface area contributed by atoms with Gasteiger partial charge in [0.15, 0.2) is 0 Å². The predicted octanol–water partition coefficient (Wildman–Crippen LogP) is 3.24. The first-order valence-electron chi connectivity index (χ1n) is 6.80. The van der Waals surface area contributed by atoms with E-state index in [-0.39, 0.29) is 18.2 Å². The summed E-state index contributed by atoms with van der Waals surface area (Å²) in [5.41, 5.74) is 0.465. The molecule has 1 aromatic carbocycles. The third-order valence-corrected chi connectivity index (χ3v) is 5.57. The molecule has 1 rings (SSSR count). The minimum absolute atomic E-state index is 0.0290. The quantitative estimate of drug-likeness (QED) is 0.805. The summed E-state index contributed by atoms with van der Waals surface area (Å²) in [5, 5.41) is 3.29. The van der Waals surface area contributed by atoms with E-state index in [9.17, 15) is 13.2 Å². The number of carbonyl (C=O) groups is 1. The highest BCUT2D eigenvalue weighted by Crippen LogP contribution is 2.24. The summed E-state index contributed by atoms with van der Waals surface area (Å²) in [4.78, 5) is 11.9. The van der Waals surface area contributed by atoms with Crippen LogP contribution in [0.4, 0.5) is 5.69 Å². The van der Waals surface area contributed by atoms with Crippen molar-refractivity contribution < 1.29 is 13.2 Å². The summed E-state index contributed by atoms with van der Waals surface area (Å²) in [6.07, 6.45) is 0.557. The van der Waals surface area contributed by atoms with Crippen LogP contribution in [0.1, 0.15) is 20.3 Å². The number of sulfonamides is 1. The third kappa shape index (κ3) is 6.12. The molecule has 1 aromatic rings. The van der Waals surface area contributed by atoms with E-state index < -0.39 is 15.9 Å². The second-order valence-electron chi connectivity index (χ2n) is 5.43. The van der Waals surface area contributed by atoms with E-state index >= 15 is 0 Å². The number of carbonyl (C=O) groups excluding carboxylic acids is 1. The maximum atomic E-state index is 12.0. The van der Waals surface area contributed by atoms with Crippen molar-refractivity contribution >= 4 is 44.8 Å². The molecule has 0 aliphatic rings. The minimum Gasteiger partial charge on any atom is -0.325 e. The van der Waals surface area contributed by atoms with E-state index in [2.05, 4.69) is 5.32 Å². The second-order valence-corrected chi connectivity index (χ2v) is 8.44. The minimum atomic E-state index is -3.43. The van der Waals surface area contributed by atoms with Crippen molar-refractivity contribution in [1.82, 2.24) is 4.31 Å². The van der Waals surface area contributed by atoms with Crippen LogP contribution in [0.5, 0.6) is 0 Å². The summed E-state index contributed by atoms with van der Waals surface area (Å²) < 4.78 is 25.1. The first-order chi connectivity index (χ1) is 10.1. The Morgan fingerprint density at radius 2 is 1.91 bits per heavy atom. The SMILES string of the molecule is CC(C)CCS(=O)(=O)N(C)CC(=O)Nc1ccc(Cl)c(Cl)c1. The molecule has 5 nitrogen and oxygen atoms in total. The Morgan fingerprint density at radius 3 is 2.45 bits per heavy atom. The van der Waals surface area contributed by atoms with E-state index in [1.165, 1.54) is 13.1 Å². The van der Waals surface area contributed by atoms with Gasteiger partial charge in [-0.2, -0.15) is 4.31 Å². The van der Waals surface area contributed by atoms with Crippen molar-refractivity contribution in [2.24, 2.45) is 5.92 Å². The maximum absolute atomic E-state index is 12.0. The number of rotatable bonds is 7. The Morgan fingerprint density at radius 1 is 1.27 bits per heavy atom. The molecule has 0 aliphatic heterocycles. The van der Waals surface area contributed by atoms with Crippen LogP contribution in [0.3, 0.4) is 0 Å². The summed E-state index contributed by atoms with van der Waals surface area (Å²) in [5.74, 6) is -0.122. The third-order valence-electron chi connectivity index (χ3n) is 3.00. The van der Waals surface area contributed by atoms with Gasteiger partial charge in [-0.25, -0.2) is 8.42 Å². The van der Waals surface area contributed by atoms with Crippen LogP contribution in [-0.2, 0) is 14.8 Å². The molecule has 0 saturated heterocycles. The van der Waals surface area contributed by atoms with Gasteiger partial charge in [0.2, 0.25) is 15.9 Å². The number of nitrogens with zero attached hydrogens (tertiary/aromatic N) is 1. The molecule has 0 atom stereocenters. The molecule has 0 bridgehead atoms. The fraction of sp³-hybridized carbons (Fsp3) is 0.500.